The Labute approximate surface area is 85.0 Å². The first-order valence-corrected chi connectivity index (χ1v) is 3.91. The van der Waals surface area contributed by atoms with Gasteiger partial charge in [-0.1, -0.05) is 24.3 Å². The lowest BCUT2D eigenvalue weighted by Gasteiger charge is -2.08. The zero-order chi connectivity index (χ0) is 8.97. The minimum atomic E-state index is 0. The van der Waals surface area contributed by atoms with Crippen molar-refractivity contribution >= 4 is 18.7 Å². The van der Waals surface area contributed by atoms with Gasteiger partial charge in [-0.05, 0) is 19.7 Å². The van der Waals surface area contributed by atoms with Gasteiger partial charge in [-0.3, -0.25) is 4.79 Å². The molecule has 0 aliphatic heterocycles. The molecule has 0 atom stereocenters. The molecule has 0 bridgehead atoms. The highest BCUT2D eigenvalue weighted by molar-refractivity contribution is 5.85. The number of aldehydes is 1. The van der Waals surface area contributed by atoms with Crippen molar-refractivity contribution < 1.29 is 4.79 Å². The van der Waals surface area contributed by atoms with Crippen molar-refractivity contribution in [2.24, 2.45) is 0 Å². The summed E-state index contributed by atoms with van der Waals surface area (Å²) in [6.07, 6.45) is 0.861. The molecule has 0 aliphatic carbocycles. The van der Waals surface area contributed by atoms with Crippen LogP contribution in [0.25, 0.3) is 0 Å². The van der Waals surface area contributed by atoms with Crippen molar-refractivity contribution in [3.63, 3.8) is 0 Å². The van der Waals surface area contributed by atoms with E-state index >= 15 is 0 Å². The van der Waals surface area contributed by atoms with Crippen LogP contribution in [0.15, 0.2) is 24.3 Å². The van der Waals surface area contributed by atoms with E-state index in [1.807, 2.05) is 38.4 Å². The van der Waals surface area contributed by atoms with Crippen molar-refractivity contribution in [3.05, 3.63) is 35.4 Å². The maximum Gasteiger partial charge on any atom is 0.150 e. The summed E-state index contributed by atoms with van der Waals surface area (Å²) in [4.78, 5) is 12.4. The number of nitrogens with zero attached hydrogens (tertiary/aromatic N) is 1. The molecule has 0 radical (unpaired) electrons. The molecule has 1 rings (SSSR count). The van der Waals surface area contributed by atoms with Gasteiger partial charge in [0.15, 0.2) is 0 Å². The Hall–Kier alpha value is -0.860. The first kappa shape index (κ1) is 12.1. The summed E-state index contributed by atoms with van der Waals surface area (Å²) < 4.78 is 0. The third-order valence-electron chi connectivity index (χ3n) is 1.61. The fourth-order valence-corrected chi connectivity index (χ4v) is 1.07. The van der Waals surface area contributed by atoms with E-state index in [1.165, 1.54) is 5.56 Å². The van der Waals surface area contributed by atoms with Crippen LogP contribution in [-0.2, 0) is 6.54 Å². The van der Waals surface area contributed by atoms with Gasteiger partial charge in [-0.2, -0.15) is 0 Å². The van der Waals surface area contributed by atoms with Gasteiger partial charge in [-0.15, -0.1) is 12.4 Å². The Bertz CT molecular complexity index is 256. The number of carbonyl (C=O) groups is 1. The molecule has 1 aromatic rings. The van der Waals surface area contributed by atoms with Crippen LogP contribution < -0.4 is 0 Å². The summed E-state index contributed by atoms with van der Waals surface area (Å²) in [5.74, 6) is 0. The third kappa shape index (κ3) is 4.06. The molecule has 72 valence electrons. The van der Waals surface area contributed by atoms with E-state index in [0.29, 0.717) is 0 Å². The predicted octanol–water partition coefficient (Wildman–Crippen LogP) is 1.98. The SMILES string of the molecule is CN(C)Cc1ccc(C=O)cc1.Cl. The van der Waals surface area contributed by atoms with E-state index in [0.717, 1.165) is 18.4 Å². The van der Waals surface area contributed by atoms with Crippen LogP contribution in [0.3, 0.4) is 0 Å². The summed E-state index contributed by atoms with van der Waals surface area (Å²) in [5, 5.41) is 0. The molecule has 2 nitrogen and oxygen atoms in total. The van der Waals surface area contributed by atoms with Crippen LogP contribution >= 0.6 is 12.4 Å². The Balaban J connectivity index is 0.00000144. The van der Waals surface area contributed by atoms with Gasteiger partial charge in [0, 0.05) is 12.1 Å². The average Bonchev–Trinajstić information content (AvgIpc) is 2.05. The van der Waals surface area contributed by atoms with E-state index in [-0.39, 0.29) is 12.4 Å². The minimum absolute atomic E-state index is 0. The molecule has 0 fully saturated rings. The van der Waals surface area contributed by atoms with Gasteiger partial charge in [0.05, 0.1) is 0 Å². The zero-order valence-electron chi connectivity index (χ0n) is 7.86. The lowest BCUT2D eigenvalue weighted by Crippen LogP contribution is -2.10. The molecule has 0 aliphatic rings. The van der Waals surface area contributed by atoms with Gasteiger partial charge < -0.3 is 4.90 Å². The van der Waals surface area contributed by atoms with Gasteiger partial charge in [0.1, 0.15) is 6.29 Å². The Morgan fingerprint density at radius 2 is 1.77 bits per heavy atom. The van der Waals surface area contributed by atoms with Crippen LogP contribution in [0.5, 0.6) is 0 Å². The highest BCUT2D eigenvalue weighted by Gasteiger charge is 1.94. The zero-order valence-corrected chi connectivity index (χ0v) is 8.67. The number of carbonyl (C=O) groups excluding carboxylic acids is 1. The fourth-order valence-electron chi connectivity index (χ4n) is 1.07. The Kier molecular flexibility index (Phi) is 5.35. The number of hydrogen-bond donors (Lipinski definition) is 0. The molecular formula is C10H14ClNO. The fraction of sp³-hybridized carbons (Fsp3) is 0.300. The van der Waals surface area contributed by atoms with Crippen molar-refractivity contribution in [2.75, 3.05) is 14.1 Å². The molecule has 13 heavy (non-hydrogen) atoms. The summed E-state index contributed by atoms with van der Waals surface area (Å²) in [6, 6.07) is 7.63. The van der Waals surface area contributed by atoms with Crippen molar-refractivity contribution in [3.8, 4) is 0 Å². The monoisotopic (exact) mass is 199 g/mol. The maximum atomic E-state index is 10.3. The predicted molar refractivity (Wildman–Crippen MR) is 56.5 cm³/mol. The number of rotatable bonds is 3. The van der Waals surface area contributed by atoms with E-state index in [2.05, 4.69) is 4.90 Å². The van der Waals surface area contributed by atoms with E-state index in [1.54, 1.807) is 0 Å². The molecular weight excluding hydrogens is 186 g/mol. The standard InChI is InChI=1S/C10H13NO.ClH/c1-11(2)7-9-3-5-10(8-12)6-4-9;/h3-6,8H,7H2,1-2H3;1H. The molecule has 0 aromatic heterocycles. The second-order valence-electron chi connectivity index (χ2n) is 3.10. The molecule has 0 saturated heterocycles. The minimum Gasteiger partial charge on any atom is -0.305 e. The van der Waals surface area contributed by atoms with Gasteiger partial charge in [-0.25, -0.2) is 0 Å². The van der Waals surface area contributed by atoms with Crippen LogP contribution in [0, 0.1) is 0 Å². The number of hydrogen-bond acceptors (Lipinski definition) is 2. The lowest BCUT2D eigenvalue weighted by atomic mass is 10.1. The Morgan fingerprint density at radius 1 is 1.23 bits per heavy atom. The highest BCUT2D eigenvalue weighted by atomic mass is 35.5. The summed E-state index contributed by atoms with van der Waals surface area (Å²) in [5.41, 5.74) is 1.96. The van der Waals surface area contributed by atoms with E-state index < -0.39 is 0 Å². The number of benzene rings is 1. The van der Waals surface area contributed by atoms with Crippen molar-refractivity contribution in [1.82, 2.24) is 4.90 Å². The summed E-state index contributed by atoms with van der Waals surface area (Å²) in [6.45, 7) is 0.916. The maximum absolute atomic E-state index is 10.3. The quantitative estimate of drug-likeness (QED) is 0.694. The molecule has 0 heterocycles. The molecule has 3 heteroatoms. The third-order valence-corrected chi connectivity index (χ3v) is 1.61. The van der Waals surface area contributed by atoms with E-state index in [9.17, 15) is 4.79 Å². The van der Waals surface area contributed by atoms with Gasteiger partial charge >= 0.3 is 0 Å². The van der Waals surface area contributed by atoms with Crippen LogP contribution in [-0.4, -0.2) is 25.3 Å². The second kappa shape index (κ2) is 5.73. The molecule has 1 aromatic carbocycles. The first-order chi connectivity index (χ1) is 5.72. The van der Waals surface area contributed by atoms with Gasteiger partial charge in [0.2, 0.25) is 0 Å². The van der Waals surface area contributed by atoms with Crippen molar-refractivity contribution in [2.45, 2.75) is 6.54 Å². The van der Waals surface area contributed by atoms with Crippen LogP contribution in [0.4, 0.5) is 0 Å². The summed E-state index contributed by atoms with van der Waals surface area (Å²) in [7, 11) is 4.04. The molecule has 0 saturated carbocycles. The topological polar surface area (TPSA) is 20.3 Å². The van der Waals surface area contributed by atoms with Crippen LogP contribution in [0.2, 0.25) is 0 Å². The molecule has 0 spiro atoms. The smallest absolute Gasteiger partial charge is 0.150 e. The lowest BCUT2D eigenvalue weighted by molar-refractivity contribution is 0.112. The molecule has 0 amide bonds. The normalized spacial score (nSPS) is 9.46. The average molecular weight is 200 g/mol. The Morgan fingerprint density at radius 3 is 2.15 bits per heavy atom. The largest absolute Gasteiger partial charge is 0.305 e. The molecule has 0 unspecified atom stereocenters. The molecule has 0 N–H and O–H groups in total. The summed E-state index contributed by atoms with van der Waals surface area (Å²) >= 11 is 0. The van der Waals surface area contributed by atoms with E-state index in [4.69, 9.17) is 0 Å². The second-order valence-corrected chi connectivity index (χ2v) is 3.10. The number of halogens is 1. The highest BCUT2D eigenvalue weighted by Crippen LogP contribution is 2.03. The van der Waals surface area contributed by atoms with Crippen molar-refractivity contribution in [1.29, 1.82) is 0 Å². The first-order valence-electron chi connectivity index (χ1n) is 3.91. The van der Waals surface area contributed by atoms with Gasteiger partial charge in [0.25, 0.3) is 0 Å². The van der Waals surface area contributed by atoms with Crippen LogP contribution in [0.1, 0.15) is 15.9 Å².